The Morgan fingerprint density at radius 3 is 1.44 bits per heavy atom. The fourth-order valence-corrected chi connectivity index (χ4v) is 7.54. The van der Waals surface area contributed by atoms with Crippen molar-refractivity contribution in [2.45, 2.75) is 238 Å². The summed E-state index contributed by atoms with van der Waals surface area (Å²) in [4.78, 5) is 46.0. The Labute approximate surface area is 359 Å². The number of carboxylic acids is 1. The van der Waals surface area contributed by atoms with Gasteiger partial charge in [-0.3, -0.25) is 18.6 Å². The van der Waals surface area contributed by atoms with Crippen molar-refractivity contribution in [1.82, 2.24) is 5.32 Å². The number of phosphoric acid groups is 1. The number of carbonyl (C=O) groups is 3. The maximum absolute atomic E-state index is 12.4. The summed E-state index contributed by atoms with van der Waals surface area (Å²) in [5.74, 6) is -2.38. The average molecular weight is 858 g/mol. The lowest BCUT2D eigenvalue weighted by Gasteiger charge is -2.18. The topological polar surface area (TPSA) is 169 Å². The van der Waals surface area contributed by atoms with Crippen LogP contribution in [0.25, 0.3) is 0 Å². The SMILES string of the molecule is CCC/C=C\C/C=C\CCCCCCCC(=O)OCC(O)COP(=O)(O)OCC(NC(=O)CCCCCCCCCCCCCCCCCCCCCCCC)C(=O)O. The molecule has 0 bridgehead atoms. The minimum absolute atomic E-state index is 0.149. The van der Waals surface area contributed by atoms with Gasteiger partial charge in [0.25, 0.3) is 0 Å². The molecular weight excluding hydrogens is 769 g/mol. The van der Waals surface area contributed by atoms with E-state index in [1.165, 1.54) is 122 Å². The summed E-state index contributed by atoms with van der Waals surface area (Å²) in [7, 11) is -4.76. The number of amides is 1. The van der Waals surface area contributed by atoms with Crippen LogP contribution in [0.5, 0.6) is 0 Å². The third kappa shape index (κ3) is 42.4. The predicted molar refractivity (Wildman–Crippen MR) is 240 cm³/mol. The van der Waals surface area contributed by atoms with Gasteiger partial charge in [-0.2, -0.15) is 0 Å². The minimum atomic E-state index is -4.76. The normalized spacial score (nSPS) is 13.8. The van der Waals surface area contributed by atoms with Gasteiger partial charge in [0, 0.05) is 12.8 Å². The molecule has 0 saturated carbocycles. The summed E-state index contributed by atoms with van der Waals surface area (Å²) in [6.45, 7) is 2.54. The van der Waals surface area contributed by atoms with Gasteiger partial charge in [0.2, 0.25) is 5.91 Å². The van der Waals surface area contributed by atoms with Crippen LogP contribution in [0.2, 0.25) is 0 Å². The maximum atomic E-state index is 12.4. The van der Waals surface area contributed by atoms with E-state index in [4.69, 9.17) is 13.8 Å². The Morgan fingerprint density at radius 1 is 0.542 bits per heavy atom. The Hall–Kier alpha value is -2.04. The number of nitrogens with one attached hydrogen (secondary N) is 1. The van der Waals surface area contributed by atoms with Crippen LogP contribution in [0.4, 0.5) is 0 Å². The van der Waals surface area contributed by atoms with Crippen molar-refractivity contribution >= 4 is 25.7 Å². The van der Waals surface area contributed by atoms with Crippen LogP contribution < -0.4 is 5.32 Å². The van der Waals surface area contributed by atoms with Crippen molar-refractivity contribution in [3.63, 3.8) is 0 Å². The number of aliphatic hydroxyl groups excluding tert-OH is 1. The highest BCUT2D eigenvalue weighted by atomic mass is 31.2. The number of ether oxygens (including phenoxy) is 1. The number of phosphoric ester groups is 1. The fraction of sp³-hybridized carbons (Fsp3) is 0.851. The highest BCUT2D eigenvalue weighted by molar-refractivity contribution is 7.47. The van der Waals surface area contributed by atoms with E-state index in [1.807, 2.05) is 0 Å². The molecule has 59 heavy (non-hydrogen) atoms. The van der Waals surface area contributed by atoms with Crippen LogP contribution in [0.3, 0.4) is 0 Å². The molecule has 0 spiro atoms. The van der Waals surface area contributed by atoms with Gasteiger partial charge in [-0.1, -0.05) is 199 Å². The molecule has 0 aromatic heterocycles. The van der Waals surface area contributed by atoms with E-state index in [-0.39, 0.29) is 12.8 Å². The summed E-state index contributed by atoms with van der Waals surface area (Å²) in [6, 6.07) is -1.54. The van der Waals surface area contributed by atoms with E-state index in [9.17, 15) is 34.1 Å². The summed E-state index contributed by atoms with van der Waals surface area (Å²) in [5, 5.41) is 21.9. The molecule has 11 nitrogen and oxygen atoms in total. The molecule has 0 aliphatic carbocycles. The largest absolute Gasteiger partial charge is 0.480 e. The van der Waals surface area contributed by atoms with Crippen LogP contribution in [0.15, 0.2) is 24.3 Å². The predicted octanol–water partition coefficient (Wildman–Crippen LogP) is 12.6. The van der Waals surface area contributed by atoms with Gasteiger partial charge >= 0.3 is 19.8 Å². The molecule has 0 aromatic rings. The van der Waals surface area contributed by atoms with Crippen LogP contribution >= 0.6 is 7.82 Å². The lowest BCUT2D eigenvalue weighted by Crippen LogP contribution is -2.43. The van der Waals surface area contributed by atoms with Crippen LogP contribution in [0.1, 0.15) is 226 Å². The molecule has 346 valence electrons. The molecule has 0 rings (SSSR count). The van der Waals surface area contributed by atoms with Crippen molar-refractivity contribution in [3.05, 3.63) is 24.3 Å². The third-order valence-corrected chi connectivity index (χ3v) is 11.4. The lowest BCUT2D eigenvalue weighted by molar-refractivity contribution is -0.147. The Kier molecular flexibility index (Phi) is 41.2. The number of rotatable bonds is 45. The number of hydrogen-bond acceptors (Lipinski definition) is 8. The van der Waals surface area contributed by atoms with E-state index in [0.717, 1.165) is 64.2 Å². The van der Waals surface area contributed by atoms with E-state index in [1.54, 1.807) is 0 Å². The molecule has 4 N–H and O–H groups in total. The van der Waals surface area contributed by atoms with Gasteiger partial charge < -0.3 is 25.2 Å². The molecule has 12 heteroatoms. The standard InChI is InChI=1S/C47H88NO10P/c1-3-5-7-9-11-13-15-17-18-19-20-21-22-23-24-25-27-28-30-32-34-36-38-45(50)48-44(47(52)53)42-58-59(54,55)57-41-43(49)40-56-46(51)39-37-35-33-31-29-26-16-14-12-10-8-6-4-2/h8,10,14,16,43-44,49H,3-7,9,11-13,15,17-42H2,1-2H3,(H,48,50)(H,52,53)(H,54,55)/b10-8-,16-14-. The second-order valence-electron chi connectivity index (χ2n) is 16.3. The first-order chi connectivity index (χ1) is 28.6. The Bertz CT molecular complexity index is 1100. The first-order valence-corrected chi connectivity index (χ1v) is 25.4. The molecule has 0 saturated heterocycles. The zero-order valence-electron chi connectivity index (χ0n) is 37.6. The zero-order chi connectivity index (χ0) is 43.5. The first-order valence-electron chi connectivity index (χ1n) is 23.9. The van der Waals surface area contributed by atoms with Gasteiger partial charge in [0.1, 0.15) is 12.7 Å². The van der Waals surface area contributed by atoms with Crippen LogP contribution in [0, 0.1) is 0 Å². The number of aliphatic hydroxyl groups is 1. The Balaban J connectivity index is 3.82. The first kappa shape index (κ1) is 57.0. The van der Waals surface area contributed by atoms with Crippen molar-refractivity contribution in [1.29, 1.82) is 0 Å². The highest BCUT2D eigenvalue weighted by Gasteiger charge is 2.28. The van der Waals surface area contributed by atoms with E-state index in [0.29, 0.717) is 12.8 Å². The second kappa shape index (κ2) is 42.6. The van der Waals surface area contributed by atoms with Crippen molar-refractivity contribution in [2.24, 2.45) is 0 Å². The van der Waals surface area contributed by atoms with Gasteiger partial charge in [-0.05, 0) is 38.5 Å². The number of esters is 1. The van der Waals surface area contributed by atoms with E-state index in [2.05, 4.69) is 43.5 Å². The second-order valence-corrected chi connectivity index (χ2v) is 17.8. The lowest BCUT2D eigenvalue weighted by atomic mass is 10.0. The minimum Gasteiger partial charge on any atom is -0.480 e. The number of hydrogen-bond donors (Lipinski definition) is 4. The Morgan fingerprint density at radius 2 is 0.966 bits per heavy atom. The molecule has 0 aromatic carbocycles. The highest BCUT2D eigenvalue weighted by Crippen LogP contribution is 2.43. The smallest absolute Gasteiger partial charge is 0.472 e. The van der Waals surface area contributed by atoms with Gasteiger partial charge in [0.15, 0.2) is 6.04 Å². The van der Waals surface area contributed by atoms with Gasteiger partial charge in [-0.15, -0.1) is 0 Å². The third-order valence-electron chi connectivity index (χ3n) is 10.5. The molecule has 3 atom stereocenters. The molecule has 0 aliphatic heterocycles. The number of unbranched alkanes of at least 4 members (excludes halogenated alkanes) is 27. The maximum Gasteiger partial charge on any atom is 0.472 e. The van der Waals surface area contributed by atoms with Crippen molar-refractivity contribution in [2.75, 3.05) is 19.8 Å². The number of carboxylic acid groups (broad SMARTS) is 1. The number of allylic oxidation sites excluding steroid dienone is 4. The van der Waals surface area contributed by atoms with E-state index >= 15 is 0 Å². The van der Waals surface area contributed by atoms with Crippen molar-refractivity contribution in [3.8, 4) is 0 Å². The summed E-state index contributed by atoms with van der Waals surface area (Å²) >= 11 is 0. The molecule has 0 radical (unpaired) electrons. The van der Waals surface area contributed by atoms with E-state index < -0.39 is 57.6 Å². The zero-order valence-corrected chi connectivity index (χ0v) is 38.5. The average Bonchev–Trinajstić information content (AvgIpc) is 3.21. The van der Waals surface area contributed by atoms with Crippen LogP contribution in [-0.4, -0.2) is 64.9 Å². The molecular formula is C47H88NO10P. The fourth-order valence-electron chi connectivity index (χ4n) is 6.77. The quantitative estimate of drug-likeness (QED) is 0.0200. The molecule has 3 unspecified atom stereocenters. The monoisotopic (exact) mass is 858 g/mol. The van der Waals surface area contributed by atoms with Gasteiger partial charge in [-0.25, -0.2) is 9.36 Å². The molecule has 0 aliphatic rings. The molecule has 0 heterocycles. The number of carbonyl (C=O) groups excluding carboxylic acids is 2. The van der Waals surface area contributed by atoms with Gasteiger partial charge in [0.05, 0.1) is 13.2 Å². The summed E-state index contributed by atoms with van der Waals surface area (Å²) < 4.78 is 26.8. The number of aliphatic carboxylic acids is 1. The molecule has 1 amide bonds. The summed E-state index contributed by atoms with van der Waals surface area (Å²) in [6.07, 6.45) is 44.9. The molecule has 0 fully saturated rings. The van der Waals surface area contributed by atoms with Crippen LogP contribution in [-0.2, 0) is 32.7 Å². The summed E-state index contributed by atoms with van der Waals surface area (Å²) in [5.41, 5.74) is 0. The van der Waals surface area contributed by atoms with Crippen molar-refractivity contribution < 1.29 is 47.8 Å².